The van der Waals surface area contributed by atoms with E-state index < -0.39 is 6.10 Å². The first-order valence-electron chi connectivity index (χ1n) is 8.35. The molecule has 0 aliphatic heterocycles. The van der Waals surface area contributed by atoms with E-state index >= 15 is 0 Å². The lowest BCUT2D eigenvalue weighted by Crippen LogP contribution is -2.28. The SMILES string of the molecule is O=C(NCC(O)c1cccc(OCc2ccccc2)c1)c1cccnc1. The van der Waals surface area contributed by atoms with Crippen molar-refractivity contribution in [3.05, 3.63) is 95.8 Å². The van der Waals surface area contributed by atoms with Crippen LogP contribution in [-0.2, 0) is 6.61 Å². The molecule has 5 heteroatoms. The molecule has 26 heavy (non-hydrogen) atoms. The molecule has 0 saturated heterocycles. The van der Waals surface area contributed by atoms with Crippen LogP contribution in [0, 0.1) is 0 Å². The molecule has 0 aliphatic carbocycles. The Morgan fingerprint density at radius 1 is 1.08 bits per heavy atom. The van der Waals surface area contributed by atoms with Gasteiger partial charge in [-0.2, -0.15) is 0 Å². The molecule has 5 nitrogen and oxygen atoms in total. The minimum atomic E-state index is -0.823. The van der Waals surface area contributed by atoms with Gasteiger partial charge in [0.05, 0.1) is 11.7 Å². The number of ether oxygens (including phenoxy) is 1. The van der Waals surface area contributed by atoms with Gasteiger partial charge >= 0.3 is 0 Å². The Balaban J connectivity index is 1.56. The fraction of sp³-hybridized carbons (Fsp3) is 0.143. The van der Waals surface area contributed by atoms with Crippen molar-refractivity contribution < 1.29 is 14.6 Å². The van der Waals surface area contributed by atoms with E-state index in [1.807, 2.05) is 42.5 Å². The van der Waals surface area contributed by atoms with Crippen LogP contribution in [-0.4, -0.2) is 22.5 Å². The number of amides is 1. The minimum Gasteiger partial charge on any atom is -0.489 e. The van der Waals surface area contributed by atoms with Crippen LogP contribution in [0.15, 0.2) is 79.1 Å². The van der Waals surface area contributed by atoms with E-state index in [0.29, 0.717) is 23.5 Å². The monoisotopic (exact) mass is 348 g/mol. The number of aliphatic hydroxyl groups is 1. The summed E-state index contributed by atoms with van der Waals surface area (Å²) >= 11 is 0. The molecular weight excluding hydrogens is 328 g/mol. The van der Waals surface area contributed by atoms with Crippen molar-refractivity contribution in [3.63, 3.8) is 0 Å². The summed E-state index contributed by atoms with van der Waals surface area (Å²) in [6.45, 7) is 0.563. The highest BCUT2D eigenvalue weighted by Gasteiger charge is 2.11. The van der Waals surface area contributed by atoms with Crippen LogP contribution in [0.25, 0.3) is 0 Å². The Morgan fingerprint density at radius 2 is 1.92 bits per heavy atom. The molecule has 1 unspecified atom stereocenters. The topological polar surface area (TPSA) is 71.5 Å². The first-order chi connectivity index (χ1) is 12.7. The van der Waals surface area contributed by atoms with Gasteiger partial charge in [-0.25, -0.2) is 0 Å². The van der Waals surface area contributed by atoms with Crippen molar-refractivity contribution in [3.8, 4) is 5.75 Å². The van der Waals surface area contributed by atoms with Gasteiger partial charge in [0.1, 0.15) is 12.4 Å². The molecule has 3 aromatic rings. The number of aliphatic hydroxyl groups excluding tert-OH is 1. The van der Waals surface area contributed by atoms with Crippen LogP contribution < -0.4 is 10.1 Å². The van der Waals surface area contributed by atoms with Crippen molar-refractivity contribution in [2.75, 3.05) is 6.54 Å². The van der Waals surface area contributed by atoms with E-state index in [1.165, 1.54) is 6.20 Å². The van der Waals surface area contributed by atoms with Crippen molar-refractivity contribution in [2.24, 2.45) is 0 Å². The number of rotatable bonds is 7. The van der Waals surface area contributed by atoms with Crippen LogP contribution >= 0.6 is 0 Å². The number of hydrogen-bond donors (Lipinski definition) is 2. The molecule has 0 fully saturated rings. The Hall–Kier alpha value is -3.18. The number of carbonyl (C=O) groups is 1. The predicted octanol–water partition coefficient (Wildman–Crippen LogP) is 3.12. The Kier molecular flexibility index (Phi) is 5.96. The first-order valence-corrected chi connectivity index (χ1v) is 8.35. The average molecular weight is 348 g/mol. The number of hydrogen-bond acceptors (Lipinski definition) is 4. The molecule has 0 radical (unpaired) electrons. The molecule has 1 heterocycles. The second kappa shape index (κ2) is 8.78. The van der Waals surface area contributed by atoms with Gasteiger partial charge in [0.2, 0.25) is 0 Å². The number of nitrogens with zero attached hydrogens (tertiary/aromatic N) is 1. The third-order valence-corrected chi connectivity index (χ3v) is 3.87. The summed E-state index contributed by atoms with van der Waals surface area (Å²) < 4.78 is 5.77. The van der Waals surface area contributed by atoms with Gasteiger partial charge in [-0.3, -0.25) is 9.78 Å². The minimum absolute atomic E-state index is 0.107. The molecule has 1 atom stereocenters. The second-order valence-corrected chi connectivity index (χ2v) is 5.81. The predicted molar refractivity (Wildman–Crippen MR) is 98.7 cm³/mol. The molecule has 1 amide bonds. The fourth-order valence-corrected chi connectivity index (χ4v) is 2.46. The van der Waals surface area contributed by atoms with Gasteiger partial charge in [-0.1, -0.05) is 42.5 Å². The second-order valence-electron chi connectivity index (χ2n) is 5.81. The van der Waals surface area contributed by atoms with Gasteiger partial charge in [0.25, 0.3) is 5.91 Å². The smallest absolute Gasteiger partial charge is 0.252 e. The lowest BCUT2D eigenvalue weighted by molar-refractivity contribution is 0.0916. The van der Waals surface area contributed by atoms with Crippen molar-refractivity contribution in [1.82, 2.24) is 10.3 Å². The number of benzene rings is 2. The maximum Gasteiger partial charge on any atom is 0.252 e. The lowest BCUT2D eigenvalue weighted by atomic mass is 10.1. The Bertz CT molecular complexity index is 838. The number of carbonyl (C=O) groups excluding carboxylic acids is 1. The van der Waals surface area contributed by atoms with Crippen molar-refractivity contribution in [1.29, 1.82) is 0 Å². The highest BCUT2D eigenvalue weighted by Crippen LogP contribution is 2.20. The molecular formula is C21H20N2O3. The van der Waals surface area contributed by atoms with Gasteiger partial charge in [-0.15, -0.1) is 0 Å². The summed E-state index contributed by atoms with van der Waals surface area (Å²) in [5.41, 5.74) is 2.21. The van der Waals surface area contributed by atoms with Crippen LogP contribution in [0.2, 0.25) is 0 Å². The van der Waals surface area contributed by atoms with E-state index in [-0.39, 0.29) is 12.5 Å². The number of pyridine rings is 1. The standard InChI is InChI=1S/C21H20N2O3/c24-20(14-23-21(25)18-9-5-11-22-13-18)17-8-4-10-19(12-17)26-15-16-6-2-1-3-7-16/h1-13,20,24H,14-15H2,(H,23,25). The van der Waals surface area contributed by atoms with Crippen LogP contribution in [0.4, 0.5) is 0 Å². The summed E-state index contributed by atoms with van der Waals surface area (Å²) in [5.74, 6) is 0.401. The molecule has 0 saturated carbocycles. The highest BCUT2D eigenvalue weighted by molar-refractivity contribution is 5.93. The van der Waals surface area contributed by atoms with Gasteiger partial charge < -0.3 is 15.2 Å². The van der Waals surface area contributed by atoms with Gasteiger partial charge in [0, 0.05) is 18.9 Å². The van der Waals surface area contributed by atoms with E-state index in [1.54, 1.807) is 30.5 Å². The molecule has 3 rings (SSSR count). The summed E-state index contributed by atoms with van der Waals surface area (Å²) in [4.78, 5) is 15.9. The van der Waals surface area contributed by atoms with E-state index in [9.17, 15) is 9.90 Å². The Labute approximate surface area is 152 Å². The zero-order valence-corrected chi connectivity index (χ0v) is 14.2. The van der Waals surface area contributed by atoms with Gasteiger partial charge in [-0.05, 0) is 35.4 Å². The third-order valence-electron chi connectivity index (χ3n) is 3.87. The zero-order valence-electron chi connectivity index (χ0n) is 14.2. The maximum absolute atomic E-state index is 12.0. The van der Waals surface area contributed by atoms with Crippen LogP contribution in [0.1, 0.15) is 27.6 Å². The molecule has 132 valence electrons. The normalized spacial score (nSPS) is 11.6. The molecule has 2 aromatic carbocycles. The lowest BCUT2D eigenvalue weighted by Gasteiger charge is -2.14. The number of nitrogens with one attached hydrogen (secondary N) is 1. The van der Waals surface area contributed by atoms with E-state index in [0.717, 1.165) is 5.56 Å². The Morgan fingerprint density at radius 3 is 2.69 bits per heavy atom. The molecule has 2 N–H and O–H groups in total. The van der Waals surface area contributed by atoms with Crippen molar-refractivity contribution >= 4 is 5.91 Å². The van der Waals surface area contributed by atoms with Crippen LogP contribution in [0.5, 0.6) is 5.75 Å². The van der Waals surface area contributed by atoms with E-state index in [2.05, 4.69) is 10.3 Å². The molecule has 1 aromatic heterocycles. The number of aromatic nitrogens is 1. The van der Waals surface area contributed by atoms with Crippen LogP contribution in [0.3, 0.4) is 0 Å². The summed E-state index contributed by atoms with van der Waals surface area (Å²) in [7, 11) is 0. The molecule has 0 aliphatic rings. The highest BCUT2D eigenvalue weighted by atomic mass is 16.5. The zero-order chi connectivity index (χ0) is 18.2. The van der Waals surface area contributed by atoms with Gasteiger partial charge in [0.15, 0.2) is 0 Å². The first kappa shape index (κ1) is 17.6. The maximum atomic E-state index is 12.0. The quantitative estimate of drug-likeness (QED) is 0.688. The van der Waals surface area contributed by atoms with E-state index in [4.69, 9.17) is 4.74 Å². The summed E-state index contributed by atoms with van der Waals surface area (Å²) in [6.07, 6.45) is 2.27. The third kappa shape index (κ3) is 4.91. The fourth-order valence-electron chi connectivity index (χ4n) is 2.46. The largest absolute Gasteiger partial charge is 0.489 e. The summed E-state index contributed by atoms with van der Waals surface area (Å²) in [5, 5.41) is 13.0. The summed E-state index contributed by atoms with van der Waals surface area (Å²) in [6, 6.07) is 20.5. The average Bonchev–Trinajstić information content (AvgIpc) is 2.72. The molecule has 0 spiro atoms. The van der Waals surface area contributed by atoms with Crippen molar-refractivity contribution in [2.45, 2.75) is 12.7 Å². The molecule has 0 bridgehead atoms.